The molecule has 2 heterocycles. The van der Waals surface area contributed by atoms with Gasteiger partial charge >= 0.3 is 5.97 Å². The van der Waals surface area contributed by atoms with E-state index in [0.29, 0.717) is 5.75 Å². The van der Waals surface area contributed by atoms with E-state index in [4.69, 9.17) is 28.4 Å². The Balaban J connectivity index is 1.60. The first-order chi connectivity index (χ1) is 20.3. The first-order valence-electron chi connectivity index (χ1n) is 12.9. The molecule has 0 radical (unpaired) electrons. The highest BCUT2D eigenvalue weighted by atomic mass is 16.7. The molecule has 0 aliphatic carbocycles. The SMILES string of the molecule is COc1ccc(C(C)=O)c(O[C@@H]2O[C@H](CO[C@@H]3OCC(O)(CO)[C@H]3O)[C@@H](OC(=O)c3cc(O)c(O)c(O)c3)[C@@H](O)[C@H]2O)c1. The lowest BCUT2D eigenvalue weighted by atomic mass is 9.98. The molecule has 2 aromatic rings. The summed E-state index contributed by atoms with van der Waals surface area (Å²) in [7, 11) is 1.37. The summed E-state index contributed by atoms with van der Waals surface area (Å²) in [6.07, 6.45) is -11.9. The van der Waals surface area contributed by atoms with Crippen molar-refractivity contribution >= 4 is 11.8 Å². The van der Waals surface area contributed by atoms with E-state index in [2.05, 4.69) is 0 Å². The second-order valence-electron chi connectivity index (χ2n) is 10.0. The molecule has 8 atom stereocenters. The van der Waals surface area contributed by atoms with Crippen molar-refractivity contribution in [2.24, 2.45) is 0 Å². The number of aliphatic hydroxyl groups is 5. The summed E-state index contributed by atoms with van der Waals surface area (Å²) in [6.45, 7) is -0.675. The molecule has 0 saturated carbocycles. The predicted molar refractivity (Wildman–Crippen MR) is 139 cm³/mol. The van der Waals surface area contributed by atoms with E-state index in [-0.39, 0.29) is 11.3 Å². The molecule has 2 aliphatic heterocycles. The van der Waals surface area contributed by atoms with Gasteiger partial charge in [0, 0.05) is 6.07 Å². The summed E-state index contributed by atoms with van der Waals surface area (Å²) in [5.74, 6) is -3.99. The molecule has 4 rings (SSSR count). The maximum absolute atomic E-state index is 12.9. The average Bonchev–Trinajstić information content (AvgIpc) is 3.27. The zero-order valence-corrected chi connectivity index (χ0v) is 22.9. The number of ether oxygens (including phenoxy) is 6. The third-order valence-corrected chi connectivity index (χ3v) is 7.00. The molecule has 2 aromatic carbocycles. The van der Waals surface area contributed by atoms with Crippen LogP contribution < -0.4 is 9.47 Å². The number of esters is 1. The standard InChI is InChI=1S/C27H32O16/c1-11(29)14-4-3-13(38-2)7-17(14)41-25-21(34)20(33)22(43-24(36)12-5-15(30)19(32)16(31)6-12)18(42-25)8-39-26-23(35)27(37,9-28)10-40-26/h3-7,18,20-23,25-26,28,30-35,37H,8-10H2,1-2H3/t18-,20+,21-,22-,23+,25-,26-,27?/m1/s1. The van der Waals surface area contributed by atoms with E-state index in [0.717, 1.165) is 12.1 Å². The van der Waals surface area contributed by atoms with Crippen molar-refractivity contribution in [1.29, 1.82) is 0 Å². The molecule has 16 heteroatoms. The number of ketones is 1. The Morgan fingerprint density at radius 3 is 2.28 bits per heavy atom. The Bertz CT molecular complexity index is 1310. The number of hydrogen-bond donors (Lipinski definition) is 8. The predicted octanol–water partition coefficient (Wildman–Crippen LogP) is -1.48. The van der Waals surface area contributed by atoms with Crippen LogP contribution in [-0.4, -0.2) is 128 Å². The lowest BCUT2D eigenvalue weighted by Gasteiger charge is -2.42. The van der Waals surface area contributed by atoms with Crippen molar-refractivity contribution in [1.82, 2.24) is 0 Å². The Morgan fingerprint density at radius 2 is 1.70 bits per heavy atom. The molecule has 0 spiro atoms. The van der Waals surface area contributed by atoms with Gasteiger partial charge in [-0.1, -0.05) is 0 Å². The molecule has 0 amide bonds. The van der Waals surface area contributed by atoms with E-state index in [1.54, 1.807) is 0 Å². The third-order valence-electron chi connectivity index (χ3n) is 7.00. The van der Waals surface area contributed by atoms with Crippen LogP contribution in [-0.2, 0) is 18.9 Å². The highest BCUT2D eigenvalue weighted by molar-refractivity contribution is 5.97. The summed E-state index contributed by atoms with van der Waals surface area (Å²) < 4.78 is 32.8. The van der Waals surface area contributed by atoms with Gasteiger partial charge < -0.3 is 69.3 Å². The number of phenolic OH excluding ortho intramolecular Hbond substituents is 3. The monoisotopic (exact) mass is 612 g/mol. The van der Waals surface area contributed by atoms with Crippen LogP contribution >= 0.6 is 0 Å². The van der Waals surface area contributed by atoms with Gasteiger partial charge in [0.15, 0.2) is 35.4 Å². The number of carbonyl (C=O) groups is 2. The zero-order valence-electron chi connectivity index (χ0n) is 22.9. The number of phenols is 3. The number of methoxy groups -OCH3 is 1. The topological polar surface area (TPSA) is 251 Å². The second kappa shape index (κ2) is 12.9. The van der Waals surface area contributed by atoms with Gasteiger partial charge in [-0.05, 0) is 31.2 Å². The minimum Gasteiger partial charge on any atom is -0.504 e. The van der Waals surface area contributed by atoms with E-state index in [1.807, 2.05) is 0 Å². The maximum atomic E-state index is 12.9. The molecule has 16 nitrogen and oxygen atoms in total. The van der Waals surface area contributed by atoms with Gasteiger partial charge in [0.25, 0.3) is 0 Å². The molecular weight excluding hydrogens is 580 g/mol. The lowest BCUT2D eigenvalue weighted by Crippen LogP contribution is -2.61. The summed E-state index contributed by atoms with van der Waals surface area (Å²) in [4.78, 5) is 25.1. The molecule has 43 heavy (non-hydrogen) atoms. The van der Waals surface area contributed by atoms with Crippen LogP contribution in [0.15, 0.2) is 30.3 Å². The molecule has 2 saturated heterocycles. The van der Waals surface area contributed by atoms with Crippen LogP contribution in [0.5, 0.6) is 28.7 Å². The number of benzene rings is 2. The van der Waals surface area contributed by atoms with Crippen molar-refractivity contribution in [3.05, 3.63) is 41.5 Å². The fourth-order valence-corrected chi connectivity index (χ4v) is 4.46. The van der Waals surface area contributed by atoms with Crippen LogP contribution in [0.2, 0.25) is 0 Å². The van der Waals surface area contributed by atoms with Gasteiger partial charge in [0.1, 0.15) is 41.5 Å². The minimum absolute atomic E-state index is 0.0733. The van der Waals surface area contributed by atoms with Gasteiger partial charge in [0.2, 0.25) is 6.29 Å². The van der Waals surface area contributed by atoms with Gasteiger partial charge in [0.05, 0.1) is 38.1 Å². The van der Waals surface area contributed by atoms with Crippen molar-refractivity contribution < 1.29 is 78.9 Å². The third kappa shape index (κ3) is 6.61. The quantitative estimate of drug-likeness (QED) is 0.0865. The highest BCUT2D eigenvalue weighted by Crippen LogP contribution is 2.37. The molecule has 2 fully saturated rings. The van der Waals surface area contributed by atoms with E-state index < -0.39 is 103 Å². The van der Waals surface area contributed by atoms with Crippen LogP contribution in [0, 0.1) is 0 Å². The number of carbonyl (C=O) groups excluding carboxylic acids is 2. The zero-order chi connectivity index (χ0) is 31.6. The maximum Gasteiger partial charge on any atom is 0.338 e. The van der Waals surface area contributed by atoms with E-state index >= 15 is 0 Å². The van der Waals surface area contributed by atoms with Crippen molar-refractivity contribution in [2.45, 2.75) is 55.6 Å². The molecule has 0 aromatic heterocycles. The molecule has 8 N–H and O–H groups in total. The van der Waals surface area contributed by atoms with E-state index in [1.165, 1.54) is 32.2 Å². The first kappa shape index (κ1) is 32.2. The van der Waals surface area contributed by atoms with Crippen LogP contribution in [0.25, 0.3) is 0 Å². The smallest absolute Gasteiger partial charge is 0.338 e. The Labute approximate surface area is 243 Å². The largest absolute Gasteiger partial charge is 0.504 e. The van der Waals surface area contributed by atoms with Gasteiger partial charge in [-0.25, -0.2) is 4.79 Å². The summed E-state index contributed by atoms with van der Waals surface area (Å²) in [5.41, 5.74) is -2.38. The first-order valence-corrected chi connectivity index (χ1v) is 12.9. The van der Waals surface area contributed by atoms with E-state index in [9.17, 15) is 50.4 Å². The lowest BCUT2D eigenvalue weighted by molar-refractivity contribution is -0.288. The number of aliphatic hydroxyl groups excluding tert-OH is 4. The normalized spacial score (nSPS) is 30.5. The second-order valence-corrected chi connectivity index (χ2v) is 10.0. The van der Waals surface area contributed by atoms with Gasteiger partial charge in [-0.2, -0.15) is 0 Å². The van der Waals surface area contributed by atoms with Crippen LogP contribution in [0.1, 0.15) is 27.6 Å². The number of rotatable bonds is 10. The average molecular weight is 613 g/mol. The van der Waals surface area contributed by atoms with Gasteiger partial charge in [-0.3, -0.25) is 4.79 Å². The number of aromatic hydroxyl groups is 3. The highest BCUT2D eigenvalue weighted by Gasteiger charge is 2.51. The molecule has 0 bridgehead atoms. The summed E-state index contributed by atoms with van der Waals surface area (Å²) >= 11 is 0. The molecule has 236 valence electrons. The Morgan fingerprint density at radius 1 is 1.02 bits per heavy atom. The fourth-order valence-electron chi connectivity index (χ4n) is 4.46. The van der Waals surface area contributed by atoms with Gasteiger partial charge in [-0.15, -0.1) is 0 Å². The molecule has 1 unspecified atom stereocenters. The van der Waals surface area contributed by atoms with Crippen LogP contribution in [0.3, 0.4) is 0 Å². The summed E-state index contributed by atoms with van der Waals surface area (Å²) in [5, 5.41) is 81.0. The number of hydrogen-bond acceptors (Lipinski definition) is 16. The van der Waals surface area contributed by atoms with Crippen molar-refractivity contribution in [3.8, 4) is 28.7 Å². The van der Waals surface area contributed by atoms with Crippen molar-refractivity contribution in [2.75, 3.05) is 26.9 Å². The Kier molecular flexibility index (Phi) is 9.63. The molecule has 2 aliphatic rings. The van der Waals surface area contributed by atoms with Crippen LogP contribution in [0.4, 0.5) is 0 Å². The number of Topliss-reactive ketones (excluding diaryl/α,β-unsaturated/α-hetero) is 1. The summed E-state index contributed by atoms with van der Waals surface area (Å²) in [6, 6.07) is 5.83. The minimum atomic E-state index is -2.02. The molecular formula is C27H32O16. The Hall–Kier alpha value is -3.74. The van der Waals surface area contributed by atoms with Crippen molar-refractivity contribution in [3.63, 3.8) is 0 Å². The fraction of sp³-hybridized carbons (Fsp3) is 0.481.